The third-order valence-corrected chi connectivity index (χ3v) is 6.41. The molecule has 2 fully saturated rings. The lowest BCUT2D eigenvalue weighted by Crippen LogP contribution is -2.46. The Kier molecular flexibility index (Phi) is 3.60. The maximum atomic E-state index is 12.7. The summed E-state index contributed by atoms with van der Waals surface area (Å²) < 4.78 is 0. The number of nitrogens with one attached hydrogen (secondary N) is 2. The first-order valence-electron chi connectivity index (χ1n) is 9.68. The van der Waals surface area contributed by atoms with E-state index in [4.69, 9.17) is 4.98 Å². The molecule has 1 saturated heterocycles. The second kappa shape index (κ2) is 5.90. The predicted molar refractivity (Wildman–Crippen MR) is 99.0 cm³/mol. The van der Waals surface area contributed by atoms with Crippen LogP contribution in [0.4, 0.5) is 0 Å². The summed E-state index contributed by atoms with van der Waals surface area (Å²) in [4.78, 5) is 49.3. The van der Waals surface area contributed by atoms with Crippen LogP contribution in [0.25, 0.3) is 0 Å². The Hall–Kier alpha value is -2.70. The highest BCUT2D eigenvalue weighted by Gasteiger charge is 2.45. The van der Waals surface area contributed by atoms with Crippen molar-refractivity contribution in [2.24, 2.45) is 0 Å². The molecule has 0 aromatic carbocycles. The fraction of sp³-hybridized carbons (Fsp3) is 0.500. The van der Waals surface area contributed by atoms with Crippen molar-refractivity contribution in [2.75, 3.05) is 13.1 Å². The van der Waals surface area contributed by atoms with E-state index in [0.29, 0.717) is 19.0 Å². The number of aromatic amines is 2. The molecule has 2 N–H and O–H groups in total. The van der Waals surface area contributed by atoms with E-state index in [1.165, 1.54) is 6.20 Å². The van der Waals surface area contributed by atoms with Gasteiger partial charge in [-0.2, -0.15) is 0 Å². The van der Waals surface area contributed by atoms with Gasteiger partial charge in [-0.25, -0.2) is 4.98 Å². The first kappa shape index (κ1) is 16.5. The zero-order valence-electron chi connectivity index (χ0n) is 15.1. The number of H-pyrrole nitrogens is 2. The van der Waals surface area contributed by atoms with Crippen molar-refractivity contribution in [3.63, 3.8) is 0 Å². The minimum absolute atomic E-state index is 0.0214. The third-order valence-electron chi connectivity index (χ3n) is 6.41. The molecule has 7 nitrogen and oxygen atoms in total. The largest absolute Gasteiger partial charge is 0.338 e. The number of carbonyl (C=O) groups excluding carboxylic acids is 1. The molecule has 5 rings (SSSR count). The van der Waals surface area contributed by atoms with Crippen molar-refractivity contribution in [1.82, 2.24) is 19.9 Å². The summed E-state index contributed by atoms with van der Waals surface area (Å²) in [7, 11) is 0. The second-order valence-electron chi connectivity index (χ2n) is 8.04. The van der Waals surface area contributed by atoms with E-state index >= 15 is 0 Å². The first-order chi connectivity index (χ1) is 13.1. The van der Waals surface area contributed by atoms with Gasteiger partial charge in [-0.1, -0.05) is 0 Å². The summed E-state index contributed by atoms with van der Waals surface area (Å²) in [6.45, 7) is 1.17. The van der Waals surface area contributed by atoms with Crippen LogP contribution in [-0.2, 0) is 11.8 Å². The van der Waals surface area contributed by atoms with Crippen LogP contribution < -0.4 is 11.1 Å². The number of rotatable bonds is 2. The van der Waals surface area contributed by atoms with Crippen LogP contribution in [0.3, 0.4) is 0 Å². The van der Waals surface area contributed by atoms with Crippen LogP contribution in [0, 0.1) is 0 Å². The fourth-order valence-electron chi connectivity index (χ4n) is 4.60. The second-order valence-corrected chi connectivity index (χ2v) is 8.04. The van der Waals surface area contributed by atoms with Gasteiger partial charge in [0, 0.05) is 36.2 Å². The number of amides is 1. The smallest absolute Gasteiger partial charge is 0.260 e. The van der Waals surface area contributed by atoms with Crippen molar-refractivity contribution in [3.05, 3.63) is 61.7 Å². The number of hydrogen-bond acceptors (Lipinski definition) is 4. The molecule has 1 aliphatic heterocycles. The van der Waals surface area contributed by atoms with Crippen molar-refractivity contribution in [1.29, 1.82) is 0 Å². The Bertz CT molecular complexity index is 1030. The van der Waals surface area contributed by atoms with E-state index in [1.54, 1.807) is 17.0 Å². The predicted octanol–water partition coefficient (Wildman–Crippen LogP) is 1.46. The van der Waals surface area contributed by atoms with Crippen molar-refractivity contribution < 1.29 is 4.79 Å². The van der Waals surface area contributed by atoms with Crippen molar-refractivity contribution in [3.8, 4) is 0 Å². The lowest BCUT2D eigenvalue weighted by atomic mass is 9.76. The number of piperidine rings is 1. The molecule has 1 spiro atoms. The highest BCUT2D eigenvalue weighted by Crippen LogP contribution is 2.46. The summed E-state index contributed by atoms with van der Waals surface area (Å²) in [5.74, 6) is 1.03. The van der Waals surface area contributed by atoms with Crippen molar-refractivity contribution in [2.45, 2.75) is 49.9 Å². The summed E-state index contributed by atoms with van der Waals surface area (Å²) in [6.07, 6.45) is 6.98. The Morgan fingerprint density at radius 3 is 2.63 bits per heavy atom. The molecule has 0 radical (unpaired) electrons. The molecule has 3 heterocycles. The highest BCUT2D eigenvalue weighted by molar-refractivity contribution is 5.93. The van der Waals surface area contributed by atoms with Gasteiger partial charge in [-0.05, 0) is 50.7 Å². The van der Waals surface area contributed by atoms with E-state index in [-0.39, 0.29) is 28.0 Å². The monoisotopic (exact) mass is 366 g/mol. The molecule has 1 amide bonds. The Morgan fingerprint density at radius 1 is 1.15 bits per heavy atom. The van der Waals surface area contributed by atoms with Crippen LogP contribution in [0.15, 0.2) is 27.9 Å². The normalized spacial score (nSPS) is 20.7. The number of pyridine rings is 1. The Morgan fingerprint density at radius 2 is 1.93 bits per heavy atom. The lowest BCUT2D eigenvalue weighted by Gasteiger charge is -2.39. The van der Waals surface area contributed by atoms with E-state index < -0.39 is 0 Å². The number of likely N-dealkylation sites (tertiary alicyclic amines) is 1. The van der Waals surface area contributed by atoms with Crippen LogP contribution in [0.2, 0.25) is 0 Å². The average molecular weight is 366 g/mol. The van der Waals surface area contributed by atoms with Crippen LogP contribution >= 0.6 is 0 Å². The molecular weight excluding hydrogens is 344 g/mol. The van der Waals surface area contributed by atoms with E-state index in [9.17, 15) is 14.4 Å². The quantitative estimate of drug-likeness (QED) is 0.840. The topological polar surface area (TPSA) is 98.9 Å². The molecule has 140 valence electrons. The van der Waals surface area contributed by atoms with Gasteiger partial charge in [0.05, 0.1) is 5.69 Å². The number of nitrogens with zero attached hydrogens (tertiary/aromatic N) is 2. The Labute approximate surface area is 155 Å². The zero-order valence-corrected chi connectivity index (χ0v) is 15.1. The molecule has 2 aromatic heterocycles. The minimum atomic E-state index is -0.351. The molecule has 0 bridgehead atoms. The average Bonchev–Trinajstić information content (AvgIpc) is 3.47. The van der Waals surface area contributed by atoms with Gasteiger partial charge in [-0.15, -0.1) is 0 Å². The summed E-state index contributed by atoms with van der Waals surface area (Å²) in [5, 5.41) is 0. The molecule has 1 saturated carbocycles. The molecule has 0 atom stereocenters. The molecule has 3 aliphatic rings. The summed E-state index contributed by atoms with van der Waals surface area (Å²) >= 11 is 0. The van der Waals surface area contributed by atoms with Gasteiger partial charge in [0.15, 0.2) is 0 Å². The van der Waals surface area contributed by atoms with Gasteiger partial charge in [-0.3, -0.25) is 14.4 Å². The molecule has 7 heteroatoms. The molecule has 0 unspecified atom stereocenters. The first-order valence-corrected chi connectivity index (χ1v) is 9.68. The maximum absolute atomic E-state index is 12.7. The van der Waals surface area contributed by atoms with Gasteiger partial charge >= 0.3 is 0 Å². The van der Waals surface area contributed by atoms with E-state index in [2.05, 4.69) is 9.97 Å². The molecular formula is C20H22N4O3. The summed E-state index contributed by atoms with van der Waals surface area (Å²) in [5.41, 5.74) is 1.55. The van der Waals surface area contributed by atoms with Crippen LogP contribution in [0.1, 0.15) is 65.5 Å². The maximum Gasteiger partial charge on any atom is 0.260 e. The van der Waals surface area contributed by atoms with Gasteiger partial charge < -0.3 is 14.9 Å². The van der Waals surface area contributed by atoms with Gasteiger partial charge in [0.2, 0.25) is 0 Å². The standard InChI is InChI=1S/C20H22N4O3/c25-17-14(2-1-9-21-17)19(27)24-10-7-20(8-11-24)6-5-13-15(20)22-16(12-3-4-12)23-18(13)26/h1-2,9,12H,3-8,10-11H2,(H,21,25)(H,22,23,26). The number of fused-ring (bicyclic) bond motifs is 2. The Balaban J connectivity index is 1.40. The SMILES string of the molecule is O=C(c1ccc[nH]c1=O)N1CCC2(CCc3c2nc(C2CC2)[nH]c3=O)CC1. The minimum Gasteiger partial charge on any atom is -0.338 e. The summed E-state index contributed by atoms with van der Waals surface area (Å²) in [6, 6.07) is 3.24. The number of carbonyl (C=O) groups is 1. The lowest BCUT2D eigenvalue weighted by molar-refractivity contribution is 0.0661. The van der Waals surface area contributed by atoms with E-state index in [0.717, 1.165) is 55.6 Å². The van der Waals surface area contributed by atoms with Gasteiger partial charge in [0.25, 0.3) is 17.0 Å². The van der Waals surface area contributed by atoms with Crippen LogP contribution in [0.5, 0.6) is 0 Å². The fourth-order valence-corrected chi connectivity index (χ4v) is 4.60. The number of hydrogen-bond donors (Lipinski definition) is 2. The van der Waals surface area contributed by atoms with E-state index in [1.807, 2.05) is 0 Å². The van der Waals surface area contributed by atoms with Crippen molar-refractivity contribution >= 4 is 5.91 Å². The molecule has 2 aliphatic carbocycles. The number of aromatic nitrogens is 3. The molecule has 2 aromatic rings. The molecule has 27 heavy (non-hydrogen) atoms. The third kappa shape index (κ3) is 2.64. The highest BCUT2D eigenvalue weighted by atomic mass is 16.2. The zero-order chi connectivity index (χ0) is 18.6. The van der Waals surface area contributed by atoms with Gasteiger partial charge in [0.1, 0.15) is 11.4 Å². The van der Waals surface area contributed by atoms with Crippen LogP contribution in [-0.4, -0.2) is 38.8 Å².